The minimum Gasteiger partial charge on any atom is -0.493 e. The van der Waals surface area contributed by atoms with Crippen LogP contribution in [-0.4, -0.2) is 25.8 Å². The van der Waals surface area contributed by atoms with Gasteiger partial charge in [0, 0.05) is 5.54 Å². The zero-order valence-electron chi connectivity index (χ0n) is 13.2. The predicted octanol–water partition coefficient (Wildman–Crippen LogP) is 3.41. The van der Waals surface area contributed by atoms with E-state index < -0.39 is 0 Å². The van der Waals surface area contributed by atoms with E-state index in [-0.39, 0.29) is 5.54 Å². The molecule has 0 radical (unpaired) electrons. The van der Waals surface area contributed by atoms with Crippen molar-refractivity contribution >= 4 is 0 Å². The lowest BCUT2D eigenvalue weighted by atomic mass is 9.80. The molecule has 1 atom stereocenters. The normalized spacial score (nSPS) is 22.2. The van der Waals surface area contributed by atoms with Gasteiger partial charge < -0.3 is 14.8 Å². The van der Waals surface area contributed by atoms with Crippen LogP contribution < -0.4 is 14.8 Å². The van der Waals surface area contributed by atoms with Crippen molar-refractivity contribution in [3.8, 4) is 11.5 Å². The molecular weight excluding hydrogens is 250 g/mol. The second kappa shape index (κ2) is 6.49. The number of hydrogen-bond acceptors (Lipinski definition) is 3. The van der Waals surface area contributed by atoms with Gasteiger partial charge in [0.15, 0.2) is 11.5 Å². The van der Waals surface area contributed by atoms with Crippen LogP contribution >= 0.6 is 0 Å². The fraction of sp³-hybridized carbons (Fsp3) is 0.647. The highest BCUT2D eigenvalue weighted by Gasteiger charge is 2.36. The Bertz CT molecular complexity index is 437. The summed E-state index contributed by atoms with van der Waals surface area (Å²) in [5.41, 5.74) is 1.55. The van der Waals surface area contributed by atoms with Crippen LogP contribution in [-0.2, 0) is 6.42 Å². The van der Waals surface area contributed by atoms with Gasteiger partial charge in [-0.2, -0.15) is 0 Å². The van der Waals surface area contributed by atoms with Crippen molar-refractivity contribution in [2.75, 3.05) is 20.3 Å². The van der Waals surface area contributed by atoms with Gasteiger partial charge in [-0.25, -0.2) is 0 Å². The van der Waals surface area contributed by atoms with Gasteiger partial charge in [0.05, 0.1) is 13.7 Å². The maximum absolute atomic E-state index is 5.58. The highest BCUT2D eigenvalue weighted by Crippen LogP contribution is 2.34. The van der Waals surface area contributed by atoms with Crippen LogP contribution in [0.15, 0.2) is 18.2 Å². The number of benzene rings is 1. The van der Waals surface area contributed by atoms with Gasteiger partial charge in [-0.05, 0) is 56.3 Å². The van der Waals surface area contributed by atoms with E-state index >= 15 is 0 Å². The summed E-state index contributed by atoms with van der Waals surface area (Å²) in [6.45, 7) is 8.40. The second-order valence-electron chi connectivity index (χ2n) is 5.94. The van der Waals surface area contributed by atoms with Crippen LogP contribution in [0.3, 0.4) is 0 Å². The number of ether oxygens (including phenoxy) is 2. The molecule has 3 heteroatoms. The third-order valence-electron chi connectivity index (χ3n) is 4.43. The van der Waals surface area contributed by atoms with Crippen LogP contribution in [0.1, 0.15) is 39.2 Å². The average Bonchev–Trinajstić information content (AvgIpc) is 2.90. The van der Waals surface area contributed by atoms with Crippen molar-refractivity contribution in [2.24, 2.45) is 5.92 Å². The summed E-state index contributed by atoms with van der Waals surface area (Å²) in [6, 6.07) is 6.31. The molecule has 0 bridgehead atoms. The van der Waals surface area contributed by atoms with E-state index in [4.69, 9.17) is 9.47 Å². The lowest BCUT2D eigenvalue weighted by molar-refractivity contribution is 0.268. The average molecular weight is 277 g/mol. The first-order valence-corrected chi connectivity index (χ1v) is 7.66. The molecule has 0 spiro atoms. The van der Waals surface area contributed by atoms with E-state index in [9.17, 15) is 0 Å². The molecule has 1 unspecified atom stereocenters. The Labute approximate surface area is 122 Å². The summed E-state index contributed by atoms with van der Waals surface area (Å²) < 4.78 is 11.0. The molecule has 112 valence electrons. The summed E-state index contributed by atoms with van der Waals surface area (Å²) in [6.07, 6.45) is 3.57. The largest absolute Gasteiger partial charge is 0.493 e. The van der Waals surface area contributed by atoms with Gasteiger partial charge in [-0.3, -0.25) is 0 Å². The van der Waals surface area contributed by atoms with E-state index in [0.29, 0.717) is 12.5 Å². The third kappa shape index (κ3) is 3.09. The van der Waals surface area contributed by atoms with Crippen molar-refractivity contribution < 1.29 is 9.47 Å². The molecular formula is C17H27NO2. The highest BCUT2D eigenvalue weighted by atomic mass is 16.5. The van der Waals surface area contributed by atoms with E-state index in [2.05, 4.69) is 31.3 Å². The molecule has 3 nitrogen and oxygen atoms in total. The molecule has 20 heavy (non-hydrogen) atoms. The Kier molecular flexibility index (Phi) is 4.92. The monoisotopic (exact) mass is 277 g/mol. The van der Waals surface area contributed by atoms with Crippen molar-refractivity contribution in [3.63, 3.8) is 0 Å². The van der Waals surface area contributed by atoms with Gasteiger partial charge in [0.2, 0.25) is 0 Å². The molecule has 2 rings (SSSR count). The zero-order chi connectivity index (χ0) is 14.6. The Balaban J connectivity index is 2.20. The maximum Gasteiger partial charge on any atom is 0.161 e. The first kappa shape index (κ1) is 15.2. The fourth-order valence-corrected chi connectivity index (χ4v) is 3.14. The Morgan fingerprint density at radius 1 is 1.30 bits per heavy atom. The second-order valence-corrected chi connectivity index (χ2v) is 5.94. The molecule has 1 heterocycles. The van der Waals surface area contributed by atoms with Crippen molar-refractivity contribution in [2.45, 2.75) is 45.6 Å². The minimum atomic E-state index is 0.234. The van der Waals surface area contributed by atoms with Crippen molar-refractivity contribution in [1.29, 1.82) is 0 Å². The van der Waals surface area contributed by atoms with E-state index in [1.165, 1.54) is 18.4 Å². The lowest BCUT2D eigenvalue weighted by Crippen LogP contribution is -2.46. The summed E-state index contributed by atoms with van der Waals surface area (Å²) in [5.74, 6) is 2.29. The van der Waals surface area contributed by atoms with Gasteiger partial charge >= 0.3 is 0 Å². The molecule has 1 aliphatic rings. The van der Waals surface area contributed by atoms with E-state index in [1.54, 1.807) is 7.11 Å². The topological polar surface area (TPSA) is 30.5 Å². The van der Waals surface area contributed by atoms with Crippen molar-refractivity contribution in [3.05, 3.63) is 23.8 Å². The summed E-state index contributed by atoms with van der Waals surface area (Å²) in [7, 11) is 1.70. The smallest absolute Gasteiger partial charge is 0.161 e. The lowest BCUT2D eigenvalue weighted by Gasteiger charge is -2.34. The van der Waals surface area contributed by atoms with Crippen LogP contribution in [0.4, 0.5) is 0 Å². The van der Waals surface area contributed by atoms with Crippen LogP contribution in [0, 0.1) is 5.92 Å². The molecule has 1 saturated heterocycles. The van der Waals surface area contributed by atoms with E-state index in [0.717, 1.165) is 24.5 Å². The van der Waals surface area contributed by atoms with Gasteiger partial charge in [0.1, 0.15) is 0 Å². The number of nitrogens with one attached hydrogen (secondary N) is 1. The minimum absolute atomic E-state index is 0.234. The fourth-order valence-electron chi connectivity index (χ4n) is 3.14. The number of rotatable bonds is 6. The Hall–Kier alpha value is -1.22. The highest BCUT2D eigenvalue weighted by molar-refractivity contribution is 5.43. The molecule has 1 aliphatic heterocycles. The number of hydrogen-bond donors (Lipinski definition) is 1. The summed E-state index contributed by atoms with van der Waals surface area (Å²) >= 11 is 0. The van der Waals surface area contributed by atoms with Crippen LogP contribution in [0.25, 0.3) is 0 Å². The van der Waals surface area contributed by atoms with Crippen molar-refractivity contribution in [1.82, 2.24) is 5.32 Å². The Morgan fingerprint density at radius 2 is 2.10 bits per heavy atom. The third-order valence-corrected chi connectivity index (χ3v) is 4.43. The zero-order valence-corrected chi connectivity index (χ0v) is 13.2. The van der Waals surface area contributed by atoms with Gasteiger partial charge in [0.25, 0.3) is 0 Å². The summed E-state index contributed by atoms with van der Waals surface area (Å²) in [4.78, 5) is 0. The molecule has 0 aromatic heterocycles. The molecule has 1 N–H and O–H groups in total. The van der Waals surface area contributed by atoms with Crippen LogP contribution in [0.5, 0.6) is 11.5 Å². The first-order chi connectivity index (χ1) is 9.61. The van der Waals surface area contributed by atoms with Gasteiger partial charge in [-0.15, -0.1) is 0 Å². The maximum atomic E-state index is 5.58. The molecule has 1 aromatic carbocycles. The van der Waals surface area contributed by atoms with Gasteiger partial charge in [-0.1, -0.05) is 19.9 Å². The molecule has 1 fully saturated rings. The van der Waals surface area contributed by atoms with E-state index in [1.807, 2.05) is 13.0 Å². The standard InChI is InChI=1S/C17H27NO2/c1-5-20-15-8-7-14(11-16(15)19-4)12-17(13(2)3)9-6-10-18-17/h7-8,11,13,18H,5-6,9-10,12H2,1-4H3. The summed E-state index contributed by atoms with van der Waals surface area (Å²) in [5, 5.41) is 3.72. The quantitative estimate of drug-likeness (QED) is 0.864. The molecule has 0 aliphatic carbocycles. The predicted molar refractivity (Wildman–Crippen MR) is 82.7 cm³/mol. The molecule has 0 saturated carbocycles. The molecule has 0 amide bonds. The first-order valence-electron chi connectivity index (χ1n) is 7.66. The SMILES string of the molecule is CCOc1ccc(CC2(C(C)C)CCCN2)cc1OC. The van der Waals surface area contributed by atoms with Crippen LogP contribution in [0.2, 0.25) is 0 Å². The molecule has 1 aromatic rings. The Morgan fingerprint density at radius 3 is 2.65 bits per heavy atom. The number of methoxy groups -OCH3 is 1.